The van der Waals surface area contributed by atoms with Gasteiger partial charge in [0.05, 0.1) is 11.4 Å². The van der Waals surface area contributed by atoms with Crippen molar-refractivity contribution in [1.82, 2.24) is 0 Å². The van der Waals surface area contributed by atoms with Gasteiger partial charge in [-0.25, -0.2) is 0 Å². The van der Waals surface area contributed by atoms with Gasteiger partial charge >= 0.3 is 0 Å². The minimum Gasteiger partial charge on any atom is -0.278 e. The molecule has 0 radical (unpaired) electrons. The molecule has 1 aliphatic carbocycles. The second-order valence-corrected chi connectivity index (χ2v) is 8.77. The minimum absolute atomic E-state index is 0.417. The molecule has 0 spiro atoms. The first-order valence-corrected chi connectivity index (χ1v) is 10.7. The number of allylic oxidation sites excluding steroid dienone is 4. The van der Waals surface area contributed by atoms with E-state index < -0.39 is 0 Å². The van der Waals surface area contributed by atoms with E-state index in [-0.39, 0.29) is 0 Å². The average molecular weight is 387 g/mol. The molecule has 1 N–H and O–H groups in total. The Morgan fingerprint density at radius 1 is 0.897 bits per heavy atom. The Balaban J connectivity index is 1.99. The van der Waals surface area contributed by atoms with Gasteiger partial charge in [-0.1, -0.05) is 99.5 Å². The Hall–Kier alpha value is -2.61. The minimum atomic E-state index is 0.417. The second-order valence-electron chi connectivity index (χ2n) is 8.77. The highest BCUT2D eigenvalue weighted by molar-refractivity contribution is 6.01. The number of hydrogen-bond donors (Lipinski definition) is 1. The monoisotopic (exact) mass is 386 g/mol. The number of rotatable bonds is 7. The SMILES string of the molecule is CC1=CC(CC(=NNc2c(C(C)C)cccc2C(C)C)c2ccccc2)C(C)=C1. The molecule has 1 aliphatic rings. The van der Waals surface area contributed by atoms with E-state index in [1.807, 2.05) is 0 Å². The highest BCUT2D eigenvalue weighted by Crippen LogP contribution is 2.33. The van der Waals surface area contributed by atoms with Gasteiger partial charge in [-0.2, -0.15) is 5.10 Å². The summed E-state index contributed by atoms with van der Waals surface area (Å²) in [6.07, 6.45) is 5.54. The number of para-hydroxylation sites is 1. The standard InChI is InChI=1S/C27H34N2/c1-18(2)24-13-10-14-25(19(3)4)27(24)29-28-26(22-11-8-7-9-12-22)17-23-16-20(5)15-21(23)6/h7-16,18-19,23,29H,17H2,1-6H3. The smallest absolute Gasteiger partial charge is 0.0688 e. The van der Waals surface area contributed by atoms with Crippen molar-refractivity contribution in [3.63, 3.8) is 0 Å². The van der Waals surface area contributed by atoms with E-state index in [0.29, 0.717) is 17.8 Å². The van der Waals surface area contributed by atoms with Crippen molar-refractivity contribution < 1.29 is 0 Å². The third kappa shape index (κ3) is 5.06. The predicted octanol–water partition coefficient (Wildman–Crippen LogP) is 7.66. The highest BCUT2D eigenvalue weighted by Gasteiger charge is 2.19. The van der Waals surface area contributed by atoms with E-state index >= 15 is 0 Å². The molecule has 0 aliphatic heterocycles. The van der Waals surface area contributed by atoms with Crippen LogP contribution in [-0.4, -0.2) is 5.71 Å². The van der Waals surface area contributed by atoms with Crippen LogP contribution in [0.4, 0.5) is 5.69 Å². The van der Waals surface area contributed by atoms with Crippen LogP contribution in [0.1, 0.15) is 76.5 Å². The number of hydrazone groups is 1. The molecule has 0 amide bonds. The van der Waals surface area contributed by atoms with E-state index in [2.05, 4.69) is 108 Å². The fraction of sp³-hybridized carbons (Fsp3) is 0.370. The molecular formula is C27H34N2. The van der Waals surface area contributed by atoms with Crippen LogP contribution in [-0.2, 0) is 0 Å². The maximum atomic E-state index is 4.98. The topological polar surface area (TPSA) is 24.4 Å². The lowest BCUT2D eigenvalue weighted by atomic mass is 9.93. The van der Waals surface area contributed by atoms with Crippen LogP contribution in [0, 0.1) is 5.92 Å². The van der Waals surface area contributed by atoms with Gasteiger partial charge in [0, 0.05) is 12.3 Å². The number of anilines is 1. The number of nitrogens with one attached hydrogen (secondary N) is 1. The van der Waals surface area contributed by atoms with E-state index in [4.69, 9.17) is 5.10 Å². The largest absolute Gasteiger partial charge is 0.278 e. The summed E-state index contributed by atoms with van der Waals surface area (Å²) in [7, 11) is 0. The van der Waals surface area contributed by atoms with E-state index in [9.17, 15) is 0 Å². The third-order valence-corrected chi connectivity index (χ3v) is 5.70. The number of benzene rings is 2. The number of hydrogen-bond acceptors (Lipinski definition) is 2. The Bertz CT molecular complexity index is 904. The summed E-state index contributed by atoms with van der Waals surface area (Å²) in [5.41, 5.74) is 12.3. The van der Waals surface area contributed by atoms with Gasteiger partial charge in [-0.05, 0) is 42.4 Å². The van der Waals surface area contributed by atoms with Crippen molar-refractivity contribution in [2.75, 3.05) is 5.43 Å². The van der Waals surface area contributed by atoms with Crippen LogP contribution >= 0.6 is 0 Å². The lowest BCUT2D eigenvalue weighted by Crippen LogP contribution is -2.12. The first-order valence-electron chi connectivity index (χ1n) is 10.7. The molecule has 1 unspecified atom stereocenters. The molecule has 2 aromatic carbocycles. The molecule has 2 heteroatoms. The van der Waals surface area contributed by atoms with Crippen molar-refractivity contribution in [2.45, 2.75) is 59.8 Å². The summed E-state index contributed by atoms with van der Waals surface area (Å²) in [6.45, 7) is 13.4. The van der Waals surface area contributed by atoms with Crippen molar-refractivity contribution in [1.29, 1.82) is 0 Å². The summed E-state index contributed by atoms with van der Waals surface area (Å²) in [4.78, 5) is 0. The maximum Gasteiger partial charge on any atom is 0.0688 e. The van der Waals surface area contributed by atoms with Crippen molar-refractivity contribution in [3.8, 4) is 0 Å². The normalized spacial score (nSPS) is 17.0. The predicted molar refractivity (Wildman–Crippen MR) is 127 cm³/mol. The molecule has 2 aromatic rings. The first-order chi connectivity index (χ1) is 13.9. The van der Waals surface area contributed by atoms with E-state index in [1.165, 1.54) is 27.8 Å². The fourth-order valence-corrected chi connectivity index (χ4v) is 4.05. The summed E-state index contributed by atoms with van der Waals surface area (Å²) in [5, 5.41) is 4.98. The Morgan fingerprint density at radius 2 is 1.52 bits per heavy atom. The van der Waals surface area contributed by atoms with Gasteiger partial charge < -0.3 is 0 Å². The Labute approximate surface area is 176 Å². The van der Waals surface area contributed by atoms with Gasteiger partial charge in [0.2, 0.25) is 0 Å². The summed E-state index contributed by atoms with van der Waals surface area (Å²) < 4.78 is 0. The molecule has 0 aromatic heterocycles. The van der Waals surface area contributed by atoms with Crippen LogP contribution in [0.15, 0.2) is 76.9 Å². The van der Waals surface area contributed by atoms with Gasteiger partial charge in [-0.3, -0.25) is 5.43 Å². The maximum absolute atomic E-state index is 4.98. The quantitative estimate of drug-likeness (QED) is 0.383. The zero-order chi connectivity index (χ0) is 21.0. The van der Waals surface area contributed by atoms with E-state index in [1.54, 1.807) is 0 Å². The van der Waals surface area contributed by atoms with Crippen LogP contribution in [0.3, 0.4) is 0 Å². The third-order valence-electron chi connectivity index (χ3n) is 5.70. The molecule has 29 heavy (non-hydrogen) atoms. The summed E-state index contributed by atoms with van der Waals surface area (Å²) in [6, 6.07) is 17.1. The van der Waals surface area contributed by atoms with Crippen molar-refractivity contribution in [3.05, 3.63) is 88.5 Å². The van der Waals surface area contributed by atoms with Crippen LogP contribution in [0.5, 0.6) is 0 Å². The fourth-order valence-electron chi connectivity index (χ4n) is 4.05. The van der Waals surface area contributed by atoms with Crippen molar-refractivity contribution in [2.24, 2.45) is 11.0 Å². The summed E-state index contributed by atoms with van der Waals surface area (Å²) in [5.74, 6) is 1.30. The van der Waals surface area contributed by atoms with Gasteiger partial charge in [-0.15, -0.1) is 0 Å². The number of nitrogens with zero attached hydrogens (tertiary/aromatic N) is 1. The molecule has 0 saturated carbocycles. The first kappa shape index (κ1) is 21.1. The van der Waals surface area contributed by atoms with Crippen LogP contribution < -0.4 is 5.43 Å². The van der Waals surface area contributed by atoms with E-state index in [0.717, 1.165) is 17.8 Å². The Kier molecular flexibility index (Phi) is 6.74. The molecular weight excluding hydrogens is 352 g/mol. The van der Waals surface area contributed by atoms with Gasteiger partial charge in [0.1, 0.15) is 0 Å². The molecule has 1 atom stereocenters. The molecule has 0 heterocycles. The van der Waals surface area contributed by atoms with Crippen LogP contribution in [0.25, 0.3) is 0 Å². The Morgan fingerprint density at radius 3 is 2.03 bits per heavy atom. The zero-order valence-electron chi connectivity index (χ0n) is 18.7. The molecule has 2 nitrogen and oxygen atoms in total. The molecule has 0 saturated heterocycles. The average Bonchev–Trinajstić information content (AvgIpc) is 3.02. The zero-order valence-corrected chi connectivity index (χ0v) is 18.7. The van der Waals surface area contributed by atoms with Crippen LogP contribution in [0.2, 0.25) is 0 Å². The summed E-state index contributed by atoms with van der Waals surface area (Å²) >= 11 is 0. The lowest BCUT2D eigenvalue weighted by molar-refractivity contribution is 0.810. The van der Waals surface area contributed by atoms with Gasteiger partial charge in [0.15, 0.2) is 0 Å². The lowest BCUT2D eigenvalue weighted by Gasteiger charge is -2.20. The van der Waals surface area contributed by atoms with Gasteiger partial charge in [0.25, 0.3) is 0 Å². The van der Waals surface area contributed by atoms with Crippen molar-refractivity contribution >= 4 is 11.4 Å². The second kappa shape index (κ2) is 9.26. The molecule has 0 fully saturated rings. The highest BCUT2D eigenvalue weighted by atomic mass is 15.3. The molecule has 0 bridgehead atoms. The molecule has 3 rings (SSSR count). The molecule has 152 valence electrons.